The molecule has 0 spiro atoms. The predicted octanol–water partition coefficient (Wildman–Crippen LogP) is 3.76. The van der Waals surface area contributed by atoms with E-state index in [1.54, 1.807) is 0 Å². The topological polar surface area (TPSA) is 34.1 Å². The fourth-order valence-corrected chi connectivity index (χ4v) is 2.21. The lowest BCUT2D eigenvalue weighted by molar-refractivity contribution is 0.242. The molecule has 0 amide bonds. The fraction of sp³-hybridized carbons (Fsp3) is 0.389. The van der Waals surface area contributed by atoms with Crippen LogP contribution in [0.4, 0.5) is 0 Å². The molecule has 1 atom stereocenters. The first-order valence-corrected chi connectivity index (χ1v) is 7.54. The second-order valence-corrected chi connectivity index (χ2v) is 5.52. The molecule has 112 valence electrons. The van der Waals surface area contributed by atoms with Crippen molar-refractivity contribution in [1.29, 1.82) is 0 Å². The molecule has 0 aliphatic carbocycles. The molecule has 0 aliphatic heterocycles. The molecular weight excluding hydrogens is 260 g/mol. The van der Waals surface area contributed by atoms with Crippen molar-refractivity contribution in [2.75, 3.05) is 6.54 Å². The van der Waals surface area contributed by atoms with Crippen molar-refractivity contribution in [2.24, 2.45) is 0 Å². The highest BCUT2D eigenvalue weighted by atomic mass is 16.5. The molecule has 2 rings (SSSR count). The molecular formula is C18H24N2O. The molecule has 0 saturated heterocycles. The lowest BCUT2D eigenvalue weighted by atomic mass is 10.1. The number of benzene rings is 1. The molecule has 0 saturated carbocycles. The Kier molecular flexibility index (Phi) is 5.76. The third kappa shape index (κ3) is 5.20. The Morgan fingerprint density at radius 3 is 2.29 bits per heavy atom. The Balaban J connectivity index is 1.81. The maximum absolute atomic E-state index is 5.66. The van der Waals surface area contributed by atoms with Crippen LogP contribution in [0.25, 0.3) is 0 Å². The first kappa shape index (κ1) is 15.5. The summed E-state index contributed by atoms with van der Waals surface area (Å²) in [6.45, 7) is 7.22. The standard InChI is InChI=1S/C18H24N2O/c1-14(2)21-18-6-4-17(5-7-18)15(3)20-13-10-16-8-11-19-12-9-16/h4-9,11-12,14-15,20H,10,13H2,1-3H3. The Hall–Kier alpha value is -1.87. The van der Waals surface area contributed by atoms with Gasteiger partial charge in [0.25, 0.3) is 0 Å². The highest BCUT2D eigenvalue weighted by Crippen LogP contribution is 2.18. The van der Waals surface area contributed by atoms with Crippen LogP contribution in [0.3, 0.4) is 0 Å². The molecule has 3 nitrogen and oxygen atoms in total. The van der Waals surface area contributed by atoms with Crippen LogP contribution in [0.1, 0.15) is 37.9 Å². The Bertz CT molecular complexity index is 523. The summed E-state index contributed by atoms with van der Waals surface area (Å²) in [7, 11) is 0. The van der Waals surface area contributed by atoms with Crippen molar-refractivity contribution in [1.82, 2.24) is 10.3 Å². The van der Waals surface area contributed by atoms with E-state index in [2.05, 4.69) is 41.5 Å². The van der Waals surface area contributed by atoms with Crippen LogP contribution in [0.5, 0.6) is 5.75 Å². The summed E-state index contributed by atoms with van der Waals surface area (Å²) in [5.74, 6) is 0.928. The van der Waals surface area contributed by atoms with E-state index in [9.17, 15) is 0 Å². The Labute approximate surface area is 127 Å². The fourth-order valence-electron chi connectivity index (χ4n) is 2.21. The van der Waals surface area contributed by atoms with Gasteiger partial charge in [-0.05, 0) is 69.1 Å². The van der Waals surface area contributed by atoms with E-state index in [0.717, 1.165) is 18.7 Å². The second kappa shape index (κ2) is 7.79. The van der Waals surface area contributed by atoms with Crippen LogP contribution in [-0.2, 0) is 6.42 Å². The summed E-state index contributed by atoms with van der Waals surface area (Å²) >= 11 is 0. The van der Waals surface area contributed by atoms with E-state index >= 15 is 0 Å². The zero-order valence-corrected chi connectivity index (χ0v) is 13.0. The summed E-state index contributed by atoms with van der Waals surface area (Å²) in [5.41, 5.74) is 2.59. The molecule has 2 aromatic rings. The quantitative estimate of drug-likeness (QED) is 0.840. The highest BCUT2D eigenvalue weighted by Gasteiger charge is 2.05. The van der Waals surface area contributed by atoms with Crippen molar-refractivity contribution in [3.05, 3.63) is 59.9 Å². The number of ether oxygens (including phenoxy) is 1. The summed E-state index contributed by atoms with van der Waals surface area (Å²) < 4.78 is 5.66. The highest BCUT2D eigenvalue weighted by molar-refractivity contribution is 5.29. The van der Waals surface area contributed by atoms with Gasteiger partial charge in [0.15, 0.2) is 0 Å². The van der Waals surface area contributed by atoms with Crippen molar-refractivity contribution in [3.63, 3.8) is 0 Å². The van der Waals surface area contributed by atoms with Gasteiger partial charge in [0, 0.05) is 18.4 Å². The second-order valence-electron chi connectivity index (χ2n) is 5.52. The number of hydrogen-bond acceptors (Lipinski definition) is 3. The van der Waals surface area contributed by atoms with Gasteiger partial charge in [0.05, 0.1) is 6.10 Å². The molecule has 0 radical (unpaired) electrons. The van der Waals surface area contributed by atoms with Gasteiger partial charge in [-0.15, -0.1) is 0 Å². The number of aromatic nitrogens is 1. The average molecular weight is 284 g/mol. The first-order chi connectivity index (χ1) is 10.1. The zero-order chi connectivity index (χ0) is 15.1. The maximum Gasteiger partial charge on any atom is 0.119 e. The van der Waals surface area contributed by atoms with Crippen LogP contribution in [0, 0.1) is 0 Å². The SMILES string of the molecule is CC(C)Oc1ccc(C(C)NCCc2ccncc2)cc1. The van der Waals surface area contributed by atoms with Crippen molar-refractivity contribution >= 4 is 0 Å². The zero-order valence-electron chi connectivity index (χ0n) is 13.0. The summed E-state index contributed by atoms with van der Waals surface area (Å²) in [5, 5.41) is 3.55. The minimum atomic E-state index is 0.215. The van der Waals surface area contributed by atoms with Gasteiger partial charge in [-0.2, -0.15) is 0 Å². The van der Waals surface area contributed by atoms with Gasteiger partial charge >= 0.3 is 0 Å². The Morgan fingerprint density at radius 1 is 1.00 bits per heavy atom. The third-order valence-corrected chi connectivity index (χ3v) is 3.37. The normalized spacial score (nSPS) is 12.4. The summed E-state index contributed by atoms with van der Waals surface area (Å²) in [4.78, 5) is 4.03. The van der Waals surface area contributed by atoms with Gasteiger partial charge in [-0.25, -0.2) is 0 Å². The van der Waals surface area contributed by atoms with Crippen LogP contribution in [-0.4, -0.2) is 17.6 Å². The monoisotopic (exact) mass is 284 g/mol. The van der Waals surface area contributed by atoms with E-state index in [1.165, 1.54) is 11.1 Å². The van der Waals surface area contributed by atoms with Gasteiger partial charge < -0.3 is 10.1 Å². The van der Waals surface area contributed by atoms with E-state index in [4.69, 9.17) is 4.74 Å². The maximum atomic E-state index is 5.66. The van der Waals surface area contributed by atoms with E-state index in [-0.39, 0.29) is 6.10 Å². The molecule has 1 aromatic heterocycles. The number of nitrogens with one attached hydrogen (secondary N) is 1. The van der Waals surface area contributed by atoms with Crippen molar-refractivity contribution < 1.29 is 4.74 Å². The predicted molar refractivity (Wildman–Crippen MR) is 86.6 cm³/mol. The number of hydrogen-bond donors (Lipinski definition) is 1. The van der Waals surface area contributed by atoms with Crippen LogP contribution >= 0.6 is 0 Å². The lowest BCUT2D eigenvalue weighted by Gasteiger charge is -2.15. The molecule has 21 heavy (non-hydrogen) atoms. The smallest absolute Gasteiger partial charge is 0.119 e. The molecule has 0 aliphatic rings. The first-order valence-electron chi connectivity index (χ1n) is 7.54. The lowest BCUT2D eigenvalue weighted by Crippen LogP contribution is -2.21. The van der Waals surface area contributed by atoms with Gasteiger partial charge in [0.1, 0.15) is 5.75 Å². The van der Waals surface area contributed by atoms with E-state index in [1.807, 2.05) is 38.4 Å². The Morgan fingerprint density at radius 2 is 1.67 bits per heavy atom. The molecule has 1 heterocycles. The van der Waals surface area contributed by atoms with Crippen molar-refractivity contribution in [2.45, 2.75) is 39.3 Å². The van der Waals surface area contributed by atoms with E-state index in [0.29, 0.717) is 6.04 Å². The molecule has 1 aromatic carbocycles. The largest absolute Gasteiger partial charge is 0.491 e. The molecule has 1 N–H and O–H groups in total. The van der Waals surface area contributed by atoms with Crippen LogP contribution < -0.4 is 10.1 Å². The third-order valence-electron chi connectivity index (χ3n) is 3.37. The number of rotatable bonds is 7. The molecule has 0 bridgehead atoms. The molecule has 3 heteroatoms. The molecule has 0 fully saturated rings. The van der Waals surface area contributed by atoms with E-state index < -0.39 is 0 Å². The van der Waals surface area contributed by atoms with Gasteiger partial charge in [0.2, 0.25) is 0 Å². The molecule has 1 unspecified atom stereocenters. The van der Waals surface area contributed by atoms with Crippen molar-refractivity contribution in [3.8, 4) is 5.75 Å². The summed E-state index contributed by atoms with van der Waals surface area (Å²) in [6, 6.07) is 12.8. The number of nitrogens with zero attached hydrogens (tertiary/aromatic N) is 1. The van der Waals surface area contributed by atoms with Gasteiger partial charge in [-0.1, -0.05) is 12.1 Å². The minimum Gasteiger partial charge on any atom is -0.491 e. The number of pyridine rings is 1. The average Bonchev–Trinajstić information content (AvgIpc) is 2.48. The minimum absolute atomic E-state index is 0.215. The summed E-state index contributed by atoms with van der Waals surface area (Å²) in [6.07, 6.45) is 4.91. The van der Waals surface area contributed by atoms with Crippen LogP contribution in [0.2, 0.25) is 0 Å². The van der Waals surface area contributed by atoms with Crippen LogP contribution in [0.15, 0.2) is 48.8 Å². The van der Waals surface area contributed by atoms with Gasteiger partial charge in [-0.3, -0.25) is 4.98 Å².